The third-order valence-electron chi connectivity index (χ3n) is 3.14. The Kier molecular flexibility index (Phi) is 7.42. The zero-order valence-corrected chi connectivity index (χ0v) is 13.7. The highest BCUT2D eigenvalue weighted by atomic mass is 35.5. The first-order chi connectivity index (χ1) is 9.31. The van der Waals surface area contributed by atoms with E-state index in [1.54, 1.807) is 0 Å². The molecule has 1 aromatic heterocycles. The molecule has 0 unspecified atom stereocenters. The van der Waals surface area contributed by atoms with Crippen LogP contribution in [0.4, 0.5) is 0 Å². The Hall–Kier alpha value is -0.850. The third-order valence-corrected chi connectivity index (χ3v) is 3.39. The van der Waals surface area contributed by atoms with Crippen molar-refractivity contribution in [1.29, 1.82) is 0 Å². The molecule has 0 saturated carbocycles. The minimum Gasteiger partial charge on any atom is -0.338 e. The fraction of sp³-hybridized carbons (Fsp3) is 0.385. The van der Waals surface area contributed by atoms with Crippen LogP contribution in [0.5, 0.6) is 0 Å². The van der Waals surface area contributed by atoms with Gasteiger partial charge in [-0.25, -0.2) is 0 Å². The Bertz CT molecular complexity index is 541. The lowest BCUT2D eigenvalue weighted by molar-refractivity contribution is 0.203. The Balaban J connectivity index is 0.00000110. The van der Waals surface area contributed by atoms with Gasteiger partial charge in [0.15, 0.2) is 0 Å². The van der Waals surface area contributed by atoms with Gasteiger partial charge in [0.05, 0.1) is 6.54 Å². The van der Waals surface area contributed by atoms with Crippen molar-refractivity contribution in [3.8, 4) is 11.4 Å². The van der Waals surface area contributed by atoms with Crippen LogP contribution in [0.2, 0.25) is 5.02 Å². The van der Waals surface area contributed by atoms with Crippen molar-refractivity contribution >= 4 is 36.4 Å². The van der Waals surface area contributed by atoms with Crippen LogP contribution in [0.3, 0.4) is 0 Å². The monoisotopic (exact) mass is 350 g/mol. The minimum absolute atomic E-state index is 0. The topological polar surface area (TPSA) is 54.2 Å². The highest BCUT2D eigenvalue weighted by Crippen LogP contribution is 2.19. The van der Waals surface area contributed by atoms with E-state index in [-0.39, 0.29) is 24.8 Å². The molecule has 1 N–H and O–H groups in total. The van der Waals surface area contributed by atoms with E-state index in [0.29, 0.717) is 23.3 Å². The first-order valence-corrected chi connectivity index (χ1v) is 6.71. The van der Waals surface area contributed by atoms with Gasteiger partial charge in [0.1, 0.15) is 0 Å². The Morgan fingerprint density at radius 2 is 1.81 bits per heavy atom. The predicted molar refractivity (Wildman–Crippen MR) is 87.4 cm³/mol. The molecule has 1 saturated heterocycles. The molecule has 5 nitrogen and oxygen atoms in total. The van der Waals surface area contributed by atoms with Crippen LogP contribution < -0.4 is 5.32 Å². The number of nitrogens with zero attached hydrogens (tertiary/aromatic N) is 3. The molecule has 0 aliphatic carbocycles. The summed E-state index contributed by atoms with van der Waals surface area (Å²) in [4.78, 5) is 6.72. The summed E-state index contributed by atoms with van der Waals surface area (Å²) >= 11 is 5.86. The van der Waals surface area contributed by atoms with Gasteiger partial charge in [0.25, 0.3) is 0 Å². The number of aromatic nitrogens is 2. The lowest BCUT2D eigenvalue weighted by atomic mass is 10.2. The average Bonchev–Trinajstić information content (AvgIpc) is 2.89. The van der Waals surface area contributed by atoms with Crippen LogP contribution >= 0.6 is 36.4 Å². The Labute approximate surface area is 140 Å². The molecule has 0 radical (unpaired) electrons. The second-order valence-electron chi connectivity index (χ2n) is 4.54. The Morgan fingerprint density at radius 3 is 2.48 bits per heavy atom. The van der Waals surface area contributed by atoms with Crippen LogP contribution in [0.1, 0.15) is 5.89 Å². The van der Waals surface area contributed by atoms with Crippen LogP contribution in [0, 0.1) is 0 Å². The summed E-state index contributed by atoms with van der Waals surface area (Å²) < 4.78 is 5.30. The molecule has 21 heavy (non-hydrogen) atoms. The SMILES string of the molecule is Cl.Cl.Clc1ccc(-c2noc(CN3CCNCC3)n2)cc1. The summed E-state index contributed by atoms with van der Waals surface area (Å²) in [6.45, 7) is 4.76. The maximum atomic E-state index is 5.86. The number of halogens is 3. The third kappa shape index (κ3) is 4.83. The first kappa shape index (κ1) is 18.2. The molecule has 0 amide bonds. The van der Waals surface area contributed by atoms with Gasteiger partial charge in [-0.05, 0) is 24.3 Å². The maximum Gasteiger partial charge on any atom is 0.241 e. The van der Waals surface area contributed by atoms with E-state index in [0.717, 1.165) is 31.7 Å². The second kappa shape index (κ2) is 8.56. The summed E-state index contributed by atoms with van der Waals surface area (Å²) in [5.41, 5.74) is 0.916. The minimum atomic E-state index is 0. The molecular formula is C13H17Cl3N4O. The quantitative estimate of drug-likeness (QED) is 0.921. The predicted octanol–water partition coefficient (Wildman–Crippen LogP) is 2.64. The van der Waals surface area contributed by atoms with Gasteiger partial charge >= 0.3 is 0 Å². The summed E-state index contributed by atoms with van der Waals surface area (Å²) in [6, 6.07) is 7.43. The van der Waals surface area contributed by atoms with E-state index in [4.69, 9.17) is 16.1 Å². The molecule has 2 aromatic rings. The molecule has 0 bridgehead atoms. The zero-order chi connectivity index (χ0) is 13.1. The van der Waals surface area contributed by atoms with Gasteiger partial charge in [-0.1, -0.05) is 16.8 Å². The van der Waals surface area contributed by atoms with Crippen molar-refractivity contribution in [2.75, 3.05) is 26.2 Å². The lowest BCUT2D eigenvalue weighted by Crippen LogP contribution is -2.42. The number of hydrogen-bond donors (Lipinski definition) is 1. The number of piperazine rings is 1. The van der Waals surface area contributed by atoms with Crippen LogP contribution in [-0.4, -0.2) is 41.2 Å². The normalized spacial score (nSPS) is 15.1. The van der Waals surface area contributed by atoms with Crippen molar-refractivity contribution in [2.45, 2.75) is 6.54 Å². The van der Waals surface area contributed by atoms with Gasteiger partial charge in [-0.2, -0.15) is 4.98 Å². The van der Waals surface area contributed by atoms with Crippen molar-refractivity contribution < 1.29 is 4.52 Å². The van der Waals surface area contributed by atoms with Gasteiger partial charge in [0.2, 0.25) is 11.7 Å². The number of rotatable bonds is 3. The Morgan fingerprint density at radius 1 is 1.14 bits per heavy atom. The molecule has 116 valence electrons. The lowest BCUT2D eigenvalue weighted by Gasteiger charge is -2.25. The van der Waals surface area contributed by atoms with Crippen molar-refractivity contribution in [3.05, 3.63) is 35.2 Å². The molecule has 0 spiro atoms. The summed E-state index contributed by atoms with van der Waals surface area (Å²) in [5.74, 6) is 1.27. The second-order valence-corrected chi connectivity index (χ2v) is 4.98. The van der Waals surface area contributed by atoms with Crippen molar-refractivity contribution in [2.24, 2.45) is 0 Å². The van der Waals surface area contributed by atoms with Gasteiger partial charge in [0, 0.05) is 36.8 Å². The van der Waals surface area contributed by atoms with E-state index in [1.807, 2.05) is 24.3 Å². The summed E-state index contributed by atoms with van der Waals surface area (Å²) in [7, 11) is 0. The fourth-order valence-electron chi connectivity index (χ4n) is 2.10. The van der Waals surface area contributed by atoms with Gasteiger partial charge < -0.3 is 9.84 Å². The van der Waals surface area contributed by atoms with Crippen LogP contribution in [-0.2, 0) is 6.54 Å². The van der Waals surface area contributed by atoms with Crippen LogP contribution in [0.15, 0.2) is 28.8 Å². The maximum absolute atomic E-state index is 5.86. The summed E-state index contributed by atoms with van der Waals surface area (Å²) in [5, 5.41) is 8.03. The molecule has 1 aromatic carbocycles. The van der Waals surface area contributed by atoms with E-state index < -0.39 is 0 Å². The average molecular weight is 352 g/mol. The van der Waals surface area contributed by atoms with E-state index in [2.05, 4.69) is 20.4 Å². The molecular weight excluding hydrogens is 335 g/mol. The zero-order valence-electron chi connectivity index (χ0n) is 11.3. The van der Waals surface area contributed by atoms with E-state index in [1.165, 1.54) is 0 Å². The first-order valence-electron chi connectivity index (χ1n) is 6.33. The highest BCUT2D eigenvalue weighted by molar-refractivity contribution is 6.30. The molecule has 1 aliphatic rings. The molecule has 8 heteroatoms. The van der Waals surface area contributed by atoms with E-state index in [9.17, 15) is 0 Å². The van der Waals surface area contributed by atoms with E-state index >= 15 is 0 Å². The molecule has 1 fully saturated rings. The fourth-order valence-corrected chi connectivity index (χ4v) is 2.22. The number of nitrogens with one attached hydrogen (secondary N) is 1. The molecule has 0 atom stereocenters. The molecule has 1 aliphatic heterocycles. The summed E-state index contributed by atoms with van der Waals surface area (Å²) in [6.07, 6.45) is 0. The standard InChI is InChI=1S/C13H15ClN4O.2ClH/c14-11-3-1-10(2-4-11)13-16-12(19-17-13)9-18-7-5-15-6-8-18;;/h1-4,15H,5-9H2;2*1H. The number of benzene rings is 1. The highest BCUT2D eigenvalue weighted by Gasteiger charge is 2.14. The van der Waals surface area contributed by atoms with Crippen LogP contribution in [0.25, 0.3) is 11.4 Å². The van der Waals surface area contributed by atoms with Crippen molar-refractivity contribution in [1.82, 2.24) is 20.4 Å². The van der Waals surface area contributed by atoms with Gasteiger partial charge in [-0.15, -0.1) is 24.8 Å². The smallest absolute Gasteiger partial charge is 0.241 e. The largest absolute Gasteiger partial charge is 0.338 e. The van der Waals surface area contributed by atoms with Crippen molar-refractivity contribution in [3.63, 3.8) is 0 Å². The molecule has 2 heterocycles. The number of hydrogen-bond acceptors (Lipinski definition) is 5. The van der Waals surface area contributed by atoms with Gasteiger partial charge in [-0.3, -0.25) is 4.90 Å². The molecule has 3 rings (SSSR count).